The van der Waals surface area contributed by atoms with Gasteiger partial charge < -0.3 is 0 Å². The van der Waals surface area contributed by atoms with Crippen LogP contribution in [0.1, 0.15) is 12.8 Å². The van der Waals surface area contributed by atoms with Crippen LogP contribution in [0.3, 0.4) is 0 Å². The molecular formula is C9H10O2. The zero-order valence-electron chi connectivity index (χ0n) is 6.19. The van der Waals surface area contributed by atoms with E-state index in [0.717, 1.165) is 12.8 Å². The summed E-state index contributed by atoms with van der Waals surface area (Å²) in [6.07, 6.45) is 6.71. The molecule has 2 heteroatoms. The highest BCUT2D eigenvalue weighted by atomic mass is 16.2. The van der Waals surface area contributed by atoms with Gasteiger partial charge in [0.05, 0.1) is 0 Å². The van der Waals surface area contributed by atoms with Crippen molar-refractivity contribution >= 4 is 12.1 Å². The Hall–Kier alpha value is -0.920. The fourth-order valence-corrected chi connectivity index (χ4v) is 2.20. The molecule has 2 nitrogen and oxygen atoms in total. The number of allylic oxidation sites excluding steroid dienone is 2. The molecule has 58 valence electrons. The SMILES string of the molecule is O=CC(=O)C1C[C@H]2C=C[C@@H]1C2. The molecule has 0 aromatic rings. The largest absolute Gasteiger partial charge is 0.295 e. The van der Waals surface area contributed by atoms with Crippen LogP contribution in [-0.2, 0) is 9.59 Å². The molecular weight excluding hydrogens is 140 g/mol. The summed E-state index contributed by atoms with van der Waals surface area (Å²) in [7, 11) is 0. The van der Waals surface area contributed by atoms with Crippen molar-refractivity contribution in [3.8, 4) is 0 Å². The second-order valence-corrected chi connectivity index (χ2v) is 3.41. The third-order valence-electron chi connectivity index (χ3n) is 2.76. The van der Waals surface area contributed by atoms with Gasteiger partial charge in [0.15, 0.2) is 12.1 Å². The van der Waals surface area contributed by atoms with Crippen LogP contribution in [0.25, 0.3) is 0 Å². The number of fused-ring (bicyclic) bond motifs is 2. The fourth-order valence-electron chi connectivity index (χ4n) is 2.20. The van der Waals surface area contributed by atoms with Gasteiger partial charge >= 0.3 is 0 Å². The van der Waals surface area contributed by atoms with Crippen molar-refractivity contribution in [2.75, 3.05) is 0 Å². The molecule has 2 bridgehead atoms. The highest BCUT2D eigenvalue weighted by molar-refractivity contribution is 6.26. The number of carbonyl (C=O) groups excluding carboxylic acids is 2. The monoisotopic (exact) mass is 150 g/mol. The smallest absolute Gasteiger partial charge is 0.198 e. The third kappa shape index (κ3) is 0.934. The van der Waals surface area contributed by atoms with Crippen LogP contribution in [0.2, 0.25) is 0 Å². The molecule has 0 spiro atoms. The second kappa shape index (κ2) is 2.29. The molecule has 2 aliphatic rings. The van der Waals surface area contributed by atoms with E-state index in [9.17, 15) is 9.59 Å². The molecule has 2 aliphatic carbocycles. The first-order valence-electron chi connectivity index (χ1n) is 3.98. The minimum absolute atomic E-state index is 0.0162. The van der Waals surface area contributed by atoms with Crippen molar-refractivity contribution in [2.45, 2.75) is 12.8 Å². The first kappa shape index (κ1) is 6.77. The molecule has 1 fully saturated rings. The van der Waals surface area contributed by atoms with Crippen LogP contribution in [0.5, 0.6) is 0 Å². The van der Waals surface area contributed by atoms with Crippen LogP contribution in [0, 0.1) is 17.8 Å². The van der Waals surface area contributed by atoms with Crippen LogP contribution < -0.4 is 0 Å². The van der Waals surface area contributed by atoms with Crippen LogP contribution in [-0.4, -0.2) is 12.1 Å². The minimum Gasteiger partial charge on any atom is -0.295 e. The highest BCUT2D eigenvalue weighted by Crippen LogP contribution is 2.43. The number of hydrogen-bond acceptors (Lipinski definition) is 2. The summed E-state index contributed by atoms with van der Waals surface area (Å²) < 4.78 is 0. The summed E-state index contributed by atoms with van der Waals surface area (Å²) in [5.74, 6) is 0.760. The van der Waals surface area contributed by atoms with E-state index in [1.54, 1.807) is 0 Å². The van der Waals surface area contributed by atoms with Crippen molar-refractivity contribution in [3.63, 3.8) is 0 Å². The Balaban J connectivity index is 2.14. The molecule has 0 radical (unpaired) electrons. The lowest BCUT2D eigenvalue weighted by atomic mass is 9.90. The van der Waals surface area contributed by atoms with Crippen LogP contribution in [0.4, 0.5) is 0 Å². The first-order valence-corrected chi connectivity index (χ1v) is 3.98. The lowest BCUT2D eigenvalue weighted by molar-refractivity contribution is -0.133. The van der Waals surface area contributed by atoms with Gasteiger partial charge in [-0.2, -0.15) is 0 Å². The topological polar surface area (TPSA) is 34.1 Å². The molecule has 1 unspecified atom stereocenters. The van der Waals surface area contributed by atoms with Crippen molar-refractivity contribution in [2.24, 2.45) is 17.8 Å². The molecule has 11 heavy (non-hydrogen) atoms. The molecule has 0 aliphatic heterocycles. The van der Waals surface area contributed by atoms with E-state index in [2.05, 4.69) is 12.2 Å². The molecule has 0 amide bonds. The standard InChI is InChI=1S/C9H10O2/c10-5-9(11)8-4-6-1-2-7(8)3-6/h1-2,5-8H,3-4H2/t6-,7+,8?/m0/s1. The van der Waals surface area contributed by atoms with Gasteiger partial charge in [0, 0.05) is 5.92 Å². The Morgan fingerprint density at radius 2 is 2.18 bits per heavy atom. The van der Waals surface area contributed by atoms with E-state index in [4.69, 9.17) is 0 Å². The molecule has 0 heterocycles. The summed E-state index contributed by atoms with van der Waals surface area (Å²) in [6, 6.07) is 0. The van der Waals surface area contributed by atoms with E-state index < -0.39 is 0 Å². The van der Waals surface area contributed by atoms with Gasteiger partial charge in [0.2, 0.25) is 0 Å². The summed E-state index contributed by atoms with van der Waals surface area (Å²) in [5, 5.41) is 0. The lowest BCUT2D eigenvalue weighted by Gasteiger charge is -2.12. The Morgan fingerprint density at radius 3 is 2.64 bits per heavy atom. The Bertz CT molecular complexity index is 230. The van der Waals surface area contributed by atoms with Crippen molar-refractivity contribution in [1.82, 2.24) is 0 Å². The number of ketones is 1. The fraction of sp³-hybridized carbons (Fsp3) is 0.556. The Morgan fingerprint density at radius 1 is 1.36 bits per heavy atom. The van der Waals surface area contributed by atoms with E-state index in [0.29, 0.717) is 18.1 Å². The van der Waals surface area contributed by atoms with Crippen molar-refractivity contribution < 1.29 is 9.59 Å². The van der Waals surface area contributed by atoms with Crippen LogP contribution >= 0.6 is 0 Å². The van der Waals surface area contributed by atoms with Crippen molar-refractivity contribution in [1.29, 1.82) is 0 Å². The highest BCUT2D eigenvalue weighted by Gasteiger charge is 2.39. The molecule has 1 saturated carbocycles. The third-order valence-corrected chi connectivity index (χ3v) is 2.76. The number of aldehydes is 1. The van der Waals surface area contributed by atoms with Crippen LogP contribution in [0.15, 0.2) is 12.2 Å². The summed E-state index contributed by atoms with van der Waals surface area (Å²) in [6.45, 7) is 0. The average Bonchev–Trinajstić information content (AvgIpc) is 2.62. The Labute approximate surface area is 65.3 Å². The average molecular weight is 150 g/mol. The summed E-state index contributed by atoms with van der Waals surface area (Å²) >= 11 is 0. The van der Waals surface area contributed by atoms with Gasteiger partial charge in [-0.25, -0.2) is 0 Å². The predicted octanol–water partition coefficient (Wildman–Crippen LogP) is 0.967. The van der Waals surface area contributed by atoms with Gasteiger partial charge in [-0.15, -0.1) is 0 Å². The van der Waals surface area contributed by atoms with E-state index in [1.165, 1.54) is 0 Å². The Kier molecular flexibility index (Phi) is 1.41. The van der Waals surface area contributed by atoms with E-state index in [-0.39, 0.29) is 11.7 Å². The number of carbonyl (C=O) groups is 2. The maximum absolute atomic E-state index is 11.0. The summed E-state index contributed by atoms with van der Waals surface area (Å²) in [5.41, 5.74) is 0. The van der Waals surface area contributed by atoms with Gasteiger partial charge in [0.1, 0.15) is 0 Å². The van der Waals surface area contributed by atoms with Gasteiger partial charge in [-0.3, -0.25) is 9.59 Å². The van der Waals surface area contributed by atoms with Crippen molar-refractivity contribution in [3.05, 3.63) is 12.2 Å². The first-order chi connectivity index (χ1) is 5.31. The second-order valence-electron chi connectivity index (χ2n) is 3.41. The number of hydrogen-bond donors (Lipinski definition) is 0. The maximum Gasteiger partial charge on any atom is 0.198 e. The summed E-state index contributed by atoms with van der Waals surface area (Å²) in [4.78, 5) is 21.2. The molecule has 0 saturated heterocycles. The van der Waals surface area contributed by atoms with E-state index in [1.807, 2.05) is 0 Å². The lowest BCUT2D eigenvalue weighted by Crippen LogP contribution is -2.19. The molecule has 3 atom stereocenters. The predicted molar refractivity (Wildman–Crippen MR) is 39.9 cm³/mol. The quantitative estimate of drug-likeness (QED) is 0.334. The maximum atomic E-state index is 11.0. The minimum atomic E-state index is -0.207. The molecule has 0 aromatic carbocycles. The molecule has 0 N–H and O–H groups in total. The molecule has 2 rings (SSSR count). The number of rotatable bonds is 2. The zero-order chi connectivity index (χ0) is 7.84. The molecule has 0 aromatic heterocycles. The van der Waals surface area contributed by atoms with Gasteiger partial charge in [0.25, 0.3) is 0 Å². The van der Waals surface area contributed by atoms with E-state index >= 15 is 0 Å². The normalized spacial score (nSPS) is 39.5. The number of Topliss-reactive ketones (excluding diaryl/α,β-unsaturated/α-hetero) is 1. The zero-order valence-corrected chi connectivity index (χ0v) is 6.19. The van der Waals surface area contributed by atoms with Gasteiger partial charge in [-0.1, -0.05) is 12.2 Å². The van der Waals surface area contributed by atoms with Gasteiger partial charge in [-0.05, 0) is 24.7 Å².